The van der Waals surface area contributed by atoms with Crippen molar-refractivity contribution < 1.29 is 28.6 Å². The van der Waals surface area contributed by atoms with Gasteiger partial charge in [-0.2, -0.15) is 0 Å². The van der Waals surface area contributed by atoms with Crippen LogP contribution in [0.15, 0.2) is 130 Å². The molecule has 2 aliphatic rings. The Balaban J connectivity index is 1.96. The summed E-state index contributed by atoms with van der Waals surface area (Å²) in [6.07, 6.45) is 29.5. The third-order valence-electron chi connectivity index (χ3n) is 9.56. The Hall–Kier alpha value is -4.13. The van der Waals surface area contributed by atoms with E-state index in [9.17, 15) is 14.4 Å². The van der Waals surface area contributed by atoms with Crippen LogP contribution in [0, 0.1) is 10.8 Å². The van der Waals surface area contributed by atoms with Crippen molar-refractivity contribution >= 4 is 17.5 Å². The maximum Gasteiger partial charge on any atom is 0.306 e. The van der Waals surface area contributed by atoms with Gasteiger partial charge in [-0.25, -0.2) is 0 Å². The number of ether oxygens (including phenoxy) is 3. The first-order valence-corrected chi connectivity index (χ1v) is 18.2. The van der Waals surface area contributed by atoms with Crippen LogP contribution in [0.1, 0.15) is 94.9 Å². The molecule has 0 saturated carbocycles. The van der Waals surface area contributed by atoms with E-state index in [4.69, 9.17) is 14.2 Å². The molecule has 0 amide bonds. The summed E-state index contributed by atoms with van der Waals surface area (Å²) in [5.74, 6) is -0.408. The Labute approximate surface area is 313 Å². The van der Waals surface area contributed by atoms with Crippen LogP contribution in [0.5, 0.6) is 0 Å². The predicted molar refractivity (Wildman–Crippen MR) is 215 cm³/mol. The van der Waals surface area contributed by atoms with Crippen LogP contribution in [0.3, 0.4) is 0 Å². The monoisotopic (exact) mass is 710 g/mol. The molecule has 6 heteroatoms. The molecule has 0 radical (unpaired) electrons. The molecule has 0 saturated heterocycles. The number of hydrogen-bond acceptors (Lipinski definition) is 6. The minimum Gasteiger partial charge on any atom is -0.454 e. The third-order valence-corrected chi connectivity index (χ3v) is 9.56. The standard InChI is InChI=1S/C46H62O6/c1-32(20-15-22-34(3)25-27-38-36(5)43(48)40(51-12)30-45(38,7)8)18-13-14-19-33(2)21-16-23-35(4)26-28-39-37(6)44(49)41(31-46(39,9)10)52-42(47)24-17-29-50-11/h13-16,18-23,25-28,40-41H,17,24,29-31H2,1-12H3/b14-13+,20-15+,21-16+,27-25+,28-26+,32-18+,33-19+,34-22+,35-23+. The highest BCUT2D eigenvalue weighted by atomic mass is 16.5. The van der Waals surface area contributed by atoms with Crippen LogP contribution in [-0.2, 0) is 28.6 Å². The summed E-state index contributed by atoms with van der Waals surface area (Å²) in [4.78, 5) is 37.9. The lowest BCUT2D eigenvalue weighted by Crippen LogP contribution is -2.39. The molecule has 282 valence electrons. The van der Waals surface area contributed by atoms with E-state index in [0.29, 0.717) is 31.4 Å². The molecule has 0 aliphatic heterocycles. The van der Waals surface area contributed by atoms with Gasteiger partial charge >= 0.3 is 5.97 Å². The molecular weight excluding hydrogens is 649 g/mol. The molecule has 6 nitrogen and oxygen atoms in total. The molecule has 0 aromatic carbocycles. The summed E-state index contributed by atoms with van der Waals surface area (Å²) in [5, 5.41) is 0. The highest BCUT2D eigenvalue weighted by molar-refractivity contribution is 6.02. The van der Waals surface area contributed by atoms with E-state index in [1.807, 2.05) is 63.3 Å². The summed E-state index contributed by atoms with van der Waals surface area (Å²) in [7, 11) is 3.20. The van der Waals surface area contributed by atoms with Gasteiger partial charge in [-0.3, -0.25) is 14.4 Å². The van der Waals surface area contributed by atoms with Crippen molar-refractivity contribution in [1.29, 1.82) is 0 Å². The van der Waals surface area contributed by atoms with Crippen molar-refractivity contribution in [2.24, 2.45) is 10.8 Å². The van der Waals surface area contributed by atoms with Gasteiger partial charge in [0.2, 0.25) is 0 Å². The quantitative estimate of drug-likeness (QED) is 0.0901. The van der Waals surface area contributed by atoms with Crippen molar-refractivity contribution in [3.8, 4) is 0 Å². The normalized spacial score (nSPS) is 22.5. The molecule has 2 aliphatic carbocycles. The first kappa shape index (κ1) is 44.0. The molecule has 0 aromatic rings. The predicted octanol–water partition coefficient (Wildman–Crippen LogP) is 10.5. The Bertz CT molecular complexity index is 1650. The fourth-order valence-corrected chi connectivity index (χ4v) is 6.43. The first-order valence-electron chi connectivity index (χ1n) is 18.2. The second kappa shape index (κ2) is 20.8. The van der Waals surface area contributed by atoms with E-state index in [-0.39, 0.29) is 40.9 Å². The number of hydrogen-bond donors (Lipinski definition) is 0. The topological polar surface area (TPSA) is 78.9 Å². The third kappa shape index (κ3) is 13.8. The summed E-state index contributed by atoms with van der Waals surface area (Å²) in [5.41, 5.74) is 7.42. The Morgan fingerprint density at radius 1 is 0.654 bits per heavy atom. The molecule has 2 unspecified atom stereocenters. The summed E-state index contributed by atoms with van der Waals surface area (Å²) in [6, 6.07) is 0. The van der Waals surface area contributed by atoms with Gasteiger partial charge in [-0.15, -0.1) is 0 Å². The lowest BCUT2D eigenvalue weighted by atomic mass is 9.71. The van der Waals surface area contributed by atoms with E-state index in [1.54, 1.807) is 14.2 Å². The molecule has 0 fully saturated rings. The summed E-state index contributed by atoms with van der Waals surface area (Å²) < 4.78 is 16.0. The van der Waals surface area contributed by atoms with Crippen molar-refractivity contribution in [2.45, 2.75) is 107 Å². The number of allylic oxidation sites excluding steroid dienone is 20. The van der Waals surface area contributed by atoms with Gasteiger partial charge in [0, 0.05) is 33.7 Å². The van der Waals surface area contributed by atoms with Gasteiger partial charge in [0.15, 0.2) is 17.7 Å². The number of carbonyl (C=O) groups excluding carboxylic acids is 3. The lowest BCUT2D eigenvalue weighted by molar-refractivity contribution is -0.156. The fraction of sp³-hybridized carbons (Fsp3) is 0.457. The number of methoxy groups -OCH3 is 2. The molecule has 0 spiro atoms. The van der Waals surface area contributed by atoms with Gasteiger partial charge in [0.1, 0.15) is 6.10 Å². The van der Waals surface area contributed by atoms with E-state index in [2.05, 4.69) is 91.0 Å². The molecular formula is C46H62O6. The van der Waals surface area contributed by atoms with E-state index in [0.717, 1.165) is 39.0 Å². The number of carbonyl (C=O) groups is 3. The minimum atomic E-state index is -0.746. The zero-order valence-electron chi connectivity index (χ0n) is 33.7. The average molecular weight is 711 g/mol. The zero-order chi connectivity index (χ0) is 39.1. The van der Waals surface area contributed by atoms with Crippen LogP contribution in [0.25, 0.3) is 0 Å². The Morgan fingerprint density at radius 2 is 1.06 bits per heavy atom. The van der Waals surface area contributed by atoms with E-state index < -0.39 is 6.10 Å². The smallest absolute Gasteiger partial charge is 0.306 e. The first-order chi connectivity index (χ1) is 24.4. The maximum atomic E-state index is 13.1. The molecule has 0 N–H and O–H groups in total. The van der Waals surface area contributed by atoms with Crippen molar-refractivity contribution in [1.82, 2.24) is 0 Å². The van der Waals surface area contributed by atoms with Crippen LogP contribution in [0.2, 0.25) is 0 Å². The van der Waals surface area contributed by atoms with Crippen LogP contribution >= 0.6 is 0 Å². The van der Waals surface area contributed by atoms with Crippen molar-refractivity contribution in [3.05, 3.63) is 130 Å². The van der Waals surface area contributed by atoms with Gasteiger partial charge in [0.25, 0.3) is 0 Å². The number of Topliss-reactive ketones (excluding diaryl/α,β-unsaturated/α-hetero) is 2. The minimum absolute atomic E-state index is 0.0774. The molecule has 52 heavy (non-hydrogen) atoms. The number of ketones is 2. The summed E-state index contributed by atoms with van der Waals surface area (Å²) >= 11 is 0. The second-order valence-electron chi connectivity index (χ2n) is 15.2. The largest absolute Gasteiger partial charge is 0.454 e. The van der Waals surface area contributed by atoms with Crippen LogP contribution in [0.4, 0.5) is 0 Å². The summed E-state index contributed by atoms with van der Waals surface area (Å²) in [6.45, 7) is 20.9. The van der Waals surface area contributed by atoms with E-state index >= 15 is 0 Å². The second-order valence-corrected chi connectivity index (χ2v) is 15.2. The highest BCUT2D eigenvalue weighted by Gasteiger charge is 2.40. The highest BCUT2D eigenvalue weighted by Crippen LogP contribution is 2.42. The lowest BCUT2D eigenvalue weighted by Gasteiger charge is -2.36. The number of esters is 1. The molecule has 0 heterocycles. The Kier molecular flexibility index (Phi) is 17.6. The molecule has 2 atom stereocenters. The van der Waals surface area contributed by atoms with Crippen molar-refractivity contribution in [2.75, 3.05) is 20.8 Å². The Morgan fingerprint density at radius 3 is 1.50 bits per heavy atom. The van der Waals surface area contributed by atoms with E-state index in [1.165, 1.54) is 0 Å². The molecule has 0 aromatic heterocycles. The molecule has 0 bridgehead atoms. The van der Waals surface area contributed by atoms with Gasteiger partial charge in [0.05, 0.1) is 0 Å². The van der Waals surface area contributed by atoms with Crippen molar-refractivity contribution in [3.63, 3.8) is 0 Å². The van der Waals surface area contributed by atoms with Gasteiger partial charge in [-0.05, 0) is 87.5 Å². The van der Waals surface area contributed by atoms with Crippen LogP contribution in [-0.4, -0.2) is 50.6 Å². The fourth-order valence-electron chi connectivity index (χ4n) is 6.43. The zero-order valence-corrected chi connectivity index (χ0v) is 33.7. The van der Waals surface area contributed by atoms with Gasteiger partial charge < -0.3 is 14.2 Å². The van der Waals surface area contributed by atoms with Crippen LogP contribution < -0.4 is 0 Å². The SMILES string of the molecule is COCCCC(=O)OC1CC(C)(C)C(/C=C/C(C)=C/C=C/C(C)=C/C=C/C=C(C)/C=C/C=C(C)/C=C/C2=C(C)C(=O)C(OC)CC2(C)C)=C(C)C1=O. The maximum absolute atomic E-state index is 13.1. The van der Waals surface area contributed by atoms with Gasteiger partial charge in [-0.1, -0.05) is 135 Å². The number of rotatable bonds is 16. The average Bonchev–Trinajstić information content (AvgIpc) is 3.06. The molecule has 2 rings (SSSR count).